The molecule has 0 radical (unpaired) electrons. The van der Waals surface area contributed by atoms with Crippen molar-refractivity contribution >= 4 is 0 Å². The molecule has 0 bridgehead atoms. The number of ether oxygens (including phenoxy) is 2. The fourth-order valence-electron chi connectivity index (χ4n) is 1.83. The summed E-state index contributed by atoms with van der Waals surface area (Å²) in [6.07, 6.45) is 0.174. The number of methoxy groups -OCH3 is 1. The van der Waals surface area contributed by atoms with Crippen LogP contribution in [0.5, 0.6) is 11.5 Å². The summed E-state index contributed by atoms with van der Waals surface area (Å²) in [5.41, 5.74) is 1.00. The van der Waals surface area contributed by atoms with Crippen molar-refractivity contribution in [3.05, 3.63) is 23.8 Å². The van der Waals surface area contributed by atoms with Gasteiger partial charge in [0.15, 0.2) is 0 Å². The van der Waals surface area contributed by atoms with Gasteiger partial charge in [-0.2, -0.15) is 0 Å². The minimum atomic E-state index is -0.882. The van der Waals surface area contributed by atoms with Crippen molar-refractivity contribution < 1.29 is 19.7 Å². The zero-order valence-corrected chi connectivity index (χ0v) is 12.4. The van der Waals surface area contributed by atoms with Crippen LogP contribution >= 0.6 is 0 Å². The van der Waals surface area contributed by atoms with E-state index in [0.29, 0.717) is 11.5 Å². The molecular weight excluding hydrogens is 258 g/mol. The Morgan fingerprint density at radius 1 is 1.35 bits per heavy atom. The van der Waals surface area contributed by atoms with Crippen LogP contribution in [0, 0.1) is 0 Å². The third-order valence-corrected chi connectivity index (χ3v) is 3.03. The third-order valence-electron chi connectivity index (χ3n) is 3.03. The van der Waals surface area contributed by atoms with E-state index in [4.69, 9.17) is 14.6 Å². The zero-order chi connectivity index (χ0) is 15.0. The second-order valence-corrected chi connectivity index (χ2v) is 4.73. The summed E-state index contributed by atoms with van der Waals surface area (Å²) in [5, 5.41) is 21.6. The first-order chi connectivity index (χ1) is 9.62. The monoisotopic (exact) mass is 283 g/mol. The van der Waals surface area contributed by atoms with E-state index < -0.39 is 6.10 Å². The van der Waals surface area contributed by atoms with Crippen LogP contribution < -0.4 is 14.8 Å². The minimum Gasteiger partial charge on any atom is -0.497 e. The van der Waals surface area contributed by atoms with Gasteiger partial charge in [-0.15, -0.1) is 0 Å². The highest BCUT2D eigenvalue weighted by atomic mass is 16.5. The molecule has 1 rings (SSSR count). The molecular formula is C15H25NO4. The lowest BCUT2D eigenvalue weighted by molar-refractivity contribution is 0.0531. The van der Waals surface area contributed by atoms with Crippen LogP contribution in [0.15, 0.2) is 18.2 Å². The second-order valence-electron chi connectivity index (χ2n) is 4.73. The molecule has 0 aliphatic heterocycles. The fourth-order valence-corrected chi connectivity index (χ4v) is 1.83. The van der Waals surface area contributed by atoms with Gasteiger partial charge in [0.25, 0.3) is 0 Å². The average molecular weight is 283 g/mol. The average Bonchev–Trinajstić information content (AvgIpc) is 2.49. The van der Waals surface area contributed by atoms with Gasteiger partial charge in [0, 0.05) is 17.7 Å². The number of hydrogen-bond acceptors (Lipinski definition) is 5. The van der Waals surface area contributed by atoms with Crippen LogP contribution in [-0.4, -0.2) is 43.2 Å². The molecule has 0 saturated heterocycles. The number of benzene rings is 1. The summed E-state index contributed by atoms with van der Waals surface area (Å²) in [7, 11) is 1.60. The molecule has 0 aromatic heterocycles. The standard InChI is InChI=1S/C15H25NO4/c1-4-7-16-11(2)14-6-5-13(19-3)8-15(14)20-10-12(18)9-17/h5-6,8,11-12,16-18H,4,7,9-10H2,1-3H3. The van der Waals surface area contributed by atoms with E-state index in [2.05, 4.69) is 19.2 Å². The maximum Gasteiger partial charge on any atom is 0.127 e. The fraction of sp³-hybridized carbons (Fsp3) is 0.600. The molecule has 20 heavy (non-hydrogen) atoms. The number of rotatable bonds is 9. The first-order valence-corrected chi connectivity index (χ1v) is 6.95. The van der Waals surface area contributed by atoms with Gasteiger partial charge in [-0.05, 0) is 26.0 Å². The van der Waals surface area contributed by atoms with Crippen molar-refractivity contribution in [3.63, 3.8) is 0 Å². The topological polar surface area (TPSA) is 71.0 Å². The summed E-state index contributed by atoms with van der Waals surface area (Å²) < 4.78 is 10.8. The van der Waals surface area contributed by atoms with Crippen molar-refractivity contribution in [2.24, 2.45) is 0 Å². The van der Waals surface area contributed by atoms with Crippen molar-refractivity contribution in [1.29, 1.82) is 0 Å². The number of hydrogen-bond donors (Lipinski definition) is 3. The lowest BCUT2D eigenvalue weighted by atomic mass is 10.1. The number of aliphatic hydroxyl groups is 2. The smallest absolute Gasteiger partial charge is 0.127 e. The lowest BCUT2D eigenvalue weighted by Gasteiger charge is -2.20. The molecule has 5 nitrogen and oxygen atoms in total. The SMILES string of the molecule is CCCNC(C)c1ccc(OC)cc1OCC(O)CO. The van der Waals surface area contributed by atoms with E-state index in [1.54, 1.807) is 13.2 Å². The highest BCUT2D eigenvalue weighted by Crippen LogP contribution is 2.29. The van der Waals surface area contributed by atoms with E-state index in [1.165, 1.54) is 0 Å². The van der Waals surface area contributed by atoms with E-state index in [-0.39, 0.29) is 19.3 Å². The van der Waals surface area contributed by atoms with Crippen molar-refractivity contribution in [2.45, 2.75) is 32.4 Å². The Hall–Kier alpha value is -1.30. The number of nitrogens with one attached hydrogen (secondary N) is 1. The minimum absolute atomic E-state index is 0.0527. The van der Waals surface area contributed by atoms with E-state index >= 15 is 0 Å². The molecule has 0 heterocycles. The summed E-state index contributed by atoms with van der Waals surface area (Å²) in [5.74, 6) is 1.36. The highest BCUT2D eigenvalue weighted by molar-refractivity contribution is 5.42. The zero-order valence-electron chi connectivity index (χ0n) is 12.4. The Labute approximate surface area is 120 Å². The quantitative estimate of drug-likeness (QED) is 0.640. The second kappa shape index (κ2) is 8.79. The summed E-state index contributed by atoms with van der Waals surface area (Å²) in [6.45, 7) is 4.83. The van der Waals surface area contributed by atoms with E-state index in [0.717, 1.165) is 18.5 Å². The van der Waals surface area contributed by atoms with Gasteiger partial charge in [0.05, 0.1) is 13.7 Å². The van der Waals surface area contributed by atoms with Crippen molar-refractivity contribution in [1.82, 2.24) is 5.32 Å². The first kappa shape index (κ1) is 16.8. The normalized spacial score (nSPS) is 13.8. The molecule has 114 valence electrons. The maximum atomic E-state index is 9.39. The Bertz CT molecular complexity index is 397. The van der Waals surface area contributed by atoms with Crippen molar-refractivity contribution in [3.8, 4) is 11.5 Å². The Morgan fingerprint density at radius 2 is 2.10 bits per heavy atom. The number of aliphatic hydroxyl groups excluding tert-OH is 2. The molecule has 0 aliphatic carbocycles. The molecule has 0 amide bonds. The van der Waals surface area contributed by atoms with E-state index in [1.807, 2.05) is 12.1 Å². The van der Waals surface area contributed by atoms with Gasteiger partial charge in [0.2, 0.25) is 0 Å². The molecule has 1 aromatic carbocycles. The summed E-state index contributed by atoms with van der Waals surface area (Å²) in [6, 6.07) is 5.77. The van der Waals surface area contributed by atoms with Crippen molar-refractivity contribution in [2.75, 3.05) is 26.9 Å². The molecule has 5 heteroatoms. The predicted octanol–water partition coefficient (Wildman–Crippen LogP) is 1.49. The molecule has 0 spiro atoms. The van der Waals surface area contributed by atoms with Gasteiger partial charge >= 0.3 is 0 Å². The van der Waals surface area contributed by atoms with Crippen LogP contribution in [0.3, 0.4) is 0 Å². The molecule has 0 saturated carbocycles. The highest BCUT2D eigenvalue weighted by Gasteiger charge is 2.13. The van der Waals surface area contributed by atoms with Crippen LogP contribution in [0.2, 0.25) is 0 Å². The molecule has 2 unspecified atom stereocenters. The van der Waals surface area contributed by atoms with Crippen LogP contribution in [0.25, 0.3) is 0 Å². The third kappa shape index (κ3) is 5.00. The van der Waals surface area contributed by atoms with E-state index in [9.17, 15) is 5.11 Å². The predicted molar refractivity (Wildman–Crippen MR) is 78.3 cm³/mol. The molecule has 3 N–H and O–H groups in total. The largest absolute Gasteiger partial charge is 0.497 e. The van der Waals surface area contributed by atoms with Gasteiger partial charge in [-0.25, -0.2) is 0 Å². The Morgan fingerprint density at radius 3 is 2.70 bits per heavy atom. The van der Waals surface area contributed by atoms with Crippen LogP contribution in [0.1, 0.15) is 31.9 Å². The van der Waals surface area contributed by atoms with Crippen LogP contribution in [0.4, 0.5) is 0 Å². The van der Waals surface area contributed by atoms with Crippen LogP contribution in [-0.2, 0) is 0 Å². The Kier molecular flexibility index (Phi) is 7.36. The first-order valence-electron chi connectivity index (χ1n) is 6.95. The Balaban J connectivity index is 2.85. The molecule has 0 aliphatic rings. The summed E-state index contributed by atoms with van der Waals surface area (Å²) in [4.78, 5) is 0. The van der Waals surface area contributed by atoms with Gasteiger partial charge in [-0.1, -0.05) is 13.0 Å². The maximum absolute atomic E-state index is 9.39. The molecule has 1 aromatic rings. The van der Waals surface area contributed by atoms with Gasteiger partial charge in [0.1, 0.15) is 24.2 Å². The van der Waals surface area contributed by atoms with Gasteiger partial charge < -0.3 is 25.0 Å². The molecule has 2 atom stereocenters. The van der Waals surface area contributed by atoms with Gasteiger partial charge in [-0.3, -0.25) is 0 Å². The summed E-state index contributed by atoms with van der Waals surface area (Å²) >= 11 is 0. The lowest BCUT2D eigenvalue weighted by Crippen LogP contribution is -2.23. The molecule has 0 fully saturated rings.